The van der Waals surface area contributed by atoms with Crippen LogP contribution in [0.3, 0.4) is 0 Å². The molecule has 0 unspecified atom stereocenters. The highest BCUT2D eigenvalue weighted by Gasteiger charge is 2.36. The monoisotopic (exact) mass is 426 g/mol. The molecule has 2 amide bonds. The van der Waals surface area contributed by atoms with Crippen LogP contribution in [0.4, 0.5) is 5.13 Å². The zero-order valence-corrected chi connectivity index (χ0v) is 17.4. The molecule has 0 radical (unpaired) electrons. The topological polar surface area (TPSA) is 75.2 Å². The number of anilines is 1. The lowest BCUT2D eigenvalue weighted by Gasteiger charge is -2.36. The fraction of sp³-hybridized carbons (Fsp3) is 0.444. The Labute approximate surface area is 171 Å². The second-order valence-electron chi connectivity index (χ2n) is 7.05. The summed E-state index contributed by atoms with van der Waals surface area (Å²) in [4.78, 5) is 27.2. The summed E-state index contributed by atoms with van der Waals surface area (Å²) >= 11 is 13.4. The number of hydrogen-bond donors (Lipinski definition) is 1. The van der Waals surface area contributed by atoms with E-state index in [1.54, 1.807) is 17.6 Å². The van der Waals surface area contributed by atoms with E-state index in [1.807, 2.05) is 24.8 Å². The van der Waals surface area contributed by atoms with Crippen molar-refractivity contribution in [2.75, 3.05) is 18.4 Å². The van der Waals surface area contributed by atoms with E-state index in [-0.39, 0.29) is 17.7 Å². The van der Waals surface area contributed by atoms with Gasteiger partial charge in [-0.05, 0) is 44.4 Å². The Bertz CT molecular complexity index is 834. The van der Waals surface area contributed by atoms with E-state index in [1.165, 1.54) is 11.3 Å². The van der Waals surface area contributed by atoms with E-state index in [0.29, 0.717) is 41.1 Å². The summed E-state index contributed by atoms with van der Waals surface area (Å²) in [7, 11) is 0. The van der Waals surface area contributed by atoms with E-state index < -0.39 is 5.41 Å². The molecular weight excluding hydrogens is 407 g/mol. The molecule has 1 aliphatic heterocycles. The number of aromatic nitrogens is 2. The van der Waals surface area contributed by atoms with E-state index in [4.69, 9.17) is 23.2 Å². The van der Waals surface area contributed by atoms with Gasteiger partial charge in [0.2, 0.25) is 16.9 Å². The van der Waals surface area contributed by atoms with E-state index >= 15 is 0 Å². The number of halogens is 2. The van der Waals surface area contributed by atoms with E-state index in [2.05, 4.69) is 15.5 Å². The number of rotatable bonds is 4. The van der Waals surface area contributed by atoms with Crippen LogP contribution in [0, 0.1) is 5.92 Å². The summed E-state index contributed by atoms with van der Waals surface area (Å²) in [5.41, 5.74) is 1.66. The zero-order valence-electron chi connectivity index (χ0n) is 15.0. The van der Waals surface area contributed by atoms with Crippen molar-refractivity contribution in [3.05, 3.63) is 39.3 Å². The van der Waals surface area contributed by atoms with Gasteiger partial charge in [0.05, 0.1) is 15.5 Å². The Morgan fingerprint density at radius 1 is 1.22 bits per heavy atom. The molecule has 1 N–H and O–H groups in total. The lowest BCUT2D eigenvalue weighted by Crippen LogP contribution is -2.48. The van der Waals surface area contributed by atoms with Gasteiger partial charge in [0, 0.05) is 19.0 Å². The Morgan fingerprint density at radius 3 is 2.52 bits per heavy atom. The molecule has 6 nitrogen and oxygen atoms in total. The first-order valence-corrected chi connectivity index (χ1v) is 10.2. The minimum Gasteiger partial charge on any atom is -0.342 e. The van der Waals surface area contributed by atoms with Crippen LogP contribution in [0.2, 0.25) is 10.0 Å². The molecule has 2 aromatic rings. The first-order valence-electron chi connectivity index (χ1n) is 8.61. The normalized spacial score (nSPS) is 15.6. The van der Waals surface area contributed by atoms with Crippen molar-refractivity contribution in [3.8, 4) is 0 Å². The number of carbonyl (C=O) groups excluding carboxylic acids is 2. The maximum absolute atomic E-state index is 13.1. The summed E-state index contributed by atoms with van der Waals surface area (Å²) < 4.78 is 0. The molecule has 0 atom stereocenters. The minimum atomic E-state index is -0.726. The van der Waals surface area contributed by atoms with Crippen LogP contribution in [0.15, 0.2) is 23.7 Å². The molecule has 9 heteroatoms. The van der Waals surface area contributed by atoms with Crippen LogP contribution in [0.25, 0.3) is 0 Å². The van der Waals surface area contributed by atoms with Crippen molar-refractivity contribution in [2.24, 2.45) is 5.92 Å². The first-order chi connectivity index (χ1) is 12.8. The van der Waals surface area contributed by atoms with Gasteiger partial charge in [0.1, 0.15) is 5.51 Å². The highest BCUT2D eigenvalue weighted by Crippen LogP contribution is 2.32. The summed E-state index contributed by atoms with van der Waals surface area (Å²) in [6.45, 7) is 4.84. The number of nitrogens with one attached hydrogen (secondary N) is 1. The van der Waals surface area contributed by atoms with Crippen LogP contribution in [0.1, 0.15) is 32.3 Å². The van der Waals surface area contributed by atoms with Crippen LogP contribution in [0.5, 0.6) is 0 Å². The fourth-order valence-electron chi connectivity index (χ4n) is 3.18. The summed E-state index contributed by atoms with van der Waals surface area (Å²) in [6.07, 6.45) is 1.24. The number of benzene rings is 1. The molecule has 0 bridgehead atoms. The molecular formula is C18H20Cl2N4O2S. The second-order valence-corrected chi connectivity index (χ2v) is 8.70. The molecule has 1 aromatic heterocycles. The number of likely N-dealkylation sites (tertiary alicyclic amines) is 1. The van der Waals surface area contributed by atoms with Crippen molar-refractivity contribution < 1.29 is 9.59 Å². The summed E-state index contributed by atoms with van der Waals surface area (Å²) in [6, 6.07) is 5.27. The molecule has 0 saturated carbocycles. The van der Waals surface area contributed by atoms with Crippen LogP contribution < -0.4 is 5.32 Å². The van der Waals surface area contributed by atoms with Gasteiger partial charge in [-0.25, -0.2) is 0 Å². The molecule has 1 saturated heterocycles. The second kappa shape index (κ2) is 8.12. The third kappa shape index (κ3) is 4.42. The number of nitrogens with zero attached hydrogens (tertiary/aromatic N) is 3. The van der Waals surface area contributed by atoms with Crippen LogP contribution in [-0.4, -0.2) is 40.0 Å². The van der Waals surface area contributed by atoms with Gasteiger partial charge < -0.3 is 10.2 Å². The molecule has 0 spiro atoms. The maximum Gasteiger partial charge on any atom is 0.232 e. The first kappa shape index (κ1) is 20.0. The SMILES string of the molecule is CC(C)(C(=O)N1CCC(C(=O)Nc2nncs2)CC1)c1ccc(Cl)c(Cl)c1. The Kier molecular flexibility index (Phi) is 6.03. The highest BCUT2D eigenvalue weighted by molar-refractivity contribution is 7.13. The maximum atomic E-state index is 13.1. The number of carbonyl (C=O) groups is 2. The third-order valence-corrected chi connectivity index (χ3v) is 6.26. The van der Waals surface area contributed by atoms with Crippen molar-refractivity contribution in [1.82, 2.24) is 15.1 Å². The summed E-state index contributed by atoms with van der Waals surface area (Å²) in [5, 5.41) is 11.7. The molecule has 3 rings (SSSR count). The van der Waals surface area contributed by atoms with Gasteiger partial charge in [0.25, 0.3) is 0 Å². The standard InChI is InChI=1S/C18H20Cl2N4O2S/c1-18(2,12-3-4-13(19)14(20)9-12)16(26)24-7-5-11(6-8-24)15(25)22-17-23-21-10-27-17/h3-4,9-11H,5-8H2,1-2H3,(H,22,23,25). The number of piperidine rings is 1. The van der Waals surface area contributed by atoms with Gasteiger partial charge >= 0.3 is 0 Å². The lowest BCUT2D eigenvalue weighted by molar-refractivity contribution is -0.139. The lowest BCUT2D eigenvalue weighted by atomic mass is 9.82. The third-order valence-electron chi connectivity index (χ3n) is 4.92. The summed E-state index contributed by atoms with van der Waals surface area (Å²) in [5.74, 6) is -0.183. The van der Waals surface area contributed by atoms with E-state index in [9.17, 15) is 9.59 Å². The largest absolute Gasteiger partial charge is 0.342 e. The Hall–Kier alpha value is -1.70. The van der Waals surface area contributed by atoms with Crippen LogP contribution in [-0.2, 0) is 15.0 Å². The van der Waals surface area contributed by atoms with Crippen molar-refractivity contribution in [2.45, 2.75) is 32.1 Å². The van der Waals surface area contributed by atoms with Gasteiger partial charge in [0.15, 0.2) is 0 Å². The van der Waals surface area contributed by atoms with Crippen molar-refractivity contribution in [3.63, 3.8) is 0 Å². The van der Waals surface area contributed by atoms with Crippen molar-refractivity contribution in [1.29, 1.82) is 0 Å². The number of hydrogen-bond acceptors (Lipinski definition) is 5. The molecule has 144 valence electrons. The van der Waals surface area contributed by atoms with Crippen LogP contribution >= 0.6 is 34.5 Å². The highest BCUT2D eigenvalue weighted by atomic mass is 35.5. The Balaban J connectivity index is 1.62. The average molecular weight is 427 g/mol. The molecule has 1 aliphatic rings. The van der Waals surface area contributed by atoms with Crippen molar-refractivity contribution >= 4 is 51.5 Å². The molecule has 1 fully saturated rings. The smallest absolute Gasteiger partial charge is 0.232 e. The van der Waals surface area contributed by atoms with Gasteiger partial charge in [-0.2, -0.15) is 0 Å². The average Bonchev–Trinajstić information content (AvgIpc) is 3.16. The zero-order chi connectivity index (χ0) is 19.6. The fourth-order valence-corrected chi connectivity index (χ4v) is 3.93. The minimum absolute atomic E-state index is 0.0175. The quantitative estimate of drug-likeness (QED) is 0.801. The van der Waals surface area contributed by atoms with Gasteiger partial charge in [-0.3, -0.25) is 9.59 Å². The van der Waals surface area contributed by atoms with Gasteiger partial charge in [-0.15, -0.1) is 10.2 Å². The predicted molar refractivity (Wildman–Crippen MR) is 107 cm³/mol. The molecule has 2 heterocycles. The van der Waals surface area contributed by atoms with E-state index in [0.717, 1.165) is 5.56 Å². The predicted octanol–water partition coefficient (Wildman–Crippen LogP) is 4.00. The van der Waals surface area contributed by atoms with Gasteiger partial charge in [-0.1, -0.05) is 40.6 Å². The molecule has 0 aliphatic carbocycles. The molecule has 1 aromatic carbocycles. The Morgan fingerprint density at radius 2 is 1.93 bits per heavy atom. The number of amides is 2. The molecule has 27 heavy (non-hydrogen) atoms.